The van der Waals surface area contributed by atoms with E-state index in [-0.39, 0.29) is 11.0 Å². The van der Waals surface area contributed by atoms with Crippen LogP contribution in [0, 0.1) is 6.92 Å². The molecular formula is C22H23N3O3. The van der Waals surface area contributed by atoms with E-state index in [1.165, 1.54) is 0 Å². The highest BCUT2D eigenvalue weighted by Gasteiger charge is 2.22. The zero-order valence-corrected chi connectivity index (χ0v) is 16.4. The van der Waals surface area contributed by atoms with Crippen LogP contribution in [0.1, 0.15) is 52.8 Å². The van der Waals surface area contributed by atoms with Crippen molar-refractivity contribution < 1.29 is 14.1 Å². The van der Waals surface area contributed by atoms with Crippen molar-refractivity contribution in [3.8, 4) is 11.3 Å². The van der Waals surface area contributed by atoms with E-state index in [0.717, 1.165) is 11.1 Å². The minimum atomic E-state index is -0.489. The standard InChI is InChI=1S/C22H23N3O3/c1-14-18(19(25-28-14)15-8-6-5-7-9-15)21(27)24-23-20(26)16-10-12-17(13-11-16)22(2,3)4/h5-13H,1-4H3,(H,23,26)(H,24,27). The van der Waals surface area contributed by atoms with Gasteiger partial charge in [0.05, 0.1) is 0 Å². The van der Waals surface area contributed by atoms with Gasteiger partial charge in [-0.1, -0.05) is 68.4 Å². The van der Waals surface area contributed by atoms with Crippen LogP contribution in [-0.4, -0.2) is 17.0 Å². The molecule has 3 rings (SSSR count). The van der Waals surface area contributed by atoms with E-state index in [0.29, 0.717) is 17.0 Å². The number of aromatic nitrogens is 1. The molecule has 6 nitrogen and oxygen atoms in total. The summed E-state index contributed by atoms with van der Waals surface area (Å²) in [6, 6.07) is 16.6. The maximum Gasteiger partial charge on any atom is 0.275 e. The van der Waals surface area contributed by atoms with Crippen LogP contribution in [-0.2, 0) is 5.41 Å². The second kappa shape index (κ2) is 7.68. The number of carbonyl (C=O) groups is 2. The third kappa shape index (κ3) is 4.11. The Morgan fingerprint density at radius 3 is 2.11 bits per heavy atom. The van der Waals surface area contributed by atoms with Crippen molar-refractivity contribution in [1.29, 1.82) is 0 Å². The SMILES string of the molecule is Cc1onc(-c2ccccc2)c1C(=O)NNC(=O)c1ccc(C(C)(C)C)cc1. The van der Waals surface area contributed by atoms with Crippen LogP contribution in [0.15, 0.2) is 59.1 Å². The fourth-order valence-corrected chi connectivity index (χ4v) is 2.80. The van der Waals surface area contributed by atoms with Crippen molar-refractivity contribution in [3.05, 3.63) is 77.0 Å². The second-order valence-electron chi connectivity index (χ2n) is 7.56. The molecular weight excluding hydrogens is 354 g/mol. The van der Waals surface area contributed by atoms with Crippen LogP contribution in [0.2, 0.25) is 0 Å². The lowest BCUT2D eigenvalue weighted by atomic mass is 9.87. The summed E-state index contributed by atoms with van der Waals surface area (Å²) in [5, 5.41) is 3.98. The van der Waals surface area contributed by atoms with Crippen LogP contribution in [0.4, 0.5) is 0 Å². The van der Waals surface area contributed by atoms with E-state index in [9.17, 15) is 9.59 Å². The Bertz CT molecular complexity index is 984. The monoisotopic (exact) mass is 377 g/mol. The summed E-state index contributed by atoms with van der Waals surface area (Å²) in [7, 11) is 0. The maximum atomic E-state index is 12.6. The van der Waals surface area contributed by atoms with Crippen molar-refractivity contribution in [2.24, 2.45) is 0 Å². The van der Waals surface area contributed by atoms with Crippen molar-refractivity contribution in [3.63, 3.8) is 0 Å². The number of hydrogen-bond donors (Lipinski definition) is 2. The Balaban J connectivity index is 1.71. The number of rotatable bonds is 3. The highest BCUT2D eigenvalue weighted by Crippen LogP contribution is 2.25. The quantitative estimate of drug-likeness (QED) is 0.675. The molecule has 0 saturated heterocycles. The molecule has 1 aromatic heterocycles. The maximum absolute atomic E-state index is 12.6. The molecule has 0 aliphatic carbocycles. The lowest BCUT2D eigenvalue weighted by Crippen LogP contribution is -2.41. The predicted molar refractivity (Wildman–Crippen MR) is 107 cm³/mol. The Morgan fingerprint density at radius 2 is 1.50 bits per heavy atom. The van der Waals surface area contributed by atoms with Gasteiger partial charge in [-0.25, -0.2) is 0 Å². The molecule has 0 fully saturated rings. The van der Waals surface area contributed by atoms with Crippen molar-refractivity contribution in [2.45, 2.75) is 33.1 Å². The van der Waals surface area contributed by atoms with Gasteiger partial charge in [0.2, 0.25) is 0 Å². The first-order valence-electron chi connectivity index (χ1n) is 9.00. The molecule has 2 N–H and O–H groups in total. The number of nitrogens with one attached hydrogen (secondary N) is 2. The van der Waals surface area contributed by atoms with Gasteiger partial charge in [-0.3, -0.25) is 20.4 Å². The first-order valence-corrected chi connectivity index (χ1v) is 9.00. The fourth-order valence-electron chi connectivity index (χ4n) is 2.80. The molecule has 0 saturated carbocycles. The first kappa shape index (κ1) is 19.4. The van der Waals surface area contributed by atoms with E-state index in [4.69, 9.17) is 4.52 Å². The summed E-state index contributed by atoms with van der Waals surface area (Å²) in [4.78, 5) is 25.0. The molecule has 0 bridgehead atoms. The van der Waals surface area contributed by atoms with Crippen molar-refractivity contribution in [2.75, 3.05) is 0 Å². The zero-order valence-electron chi connectivity index (χ0n) is 16.4. The minimum absolute atomic E-state index is 0.00285. The molecule has 144 valence electrons. The van der Waals surface area contributed by atoms with Gasteiger partial charge in [0.15, 0.2) is 0 Å². The number of amides is 2. The minimum Gasteiger partial charge on any atom is -0.360 e. The van der Waals surface area contributed by atoms with Crippen LogP contribution in [0.25, 0.3) is 11.3 Å². The smallest absolute Gasteiger partial charge is 0.275 e. The van der Waals surface area contributed by atoms with Crippen LogP contribution in [0.3, 0.4) is 0 Å². The second-order valence-corrected chi connectivity index (χ2v) is 7.56. The summed E-state index contributed by atoms with van der Waals surface area (Å²) in [6.45, 7) is 7.97. The molecule has 0 radical (unpaired) electrons. The van der Waals surface area contributed by atoms with Crippen LogP contribution < -0.4 is 10.9 Å². The number of carbonyl (C=O) groups excluding carboxylic acids is 2. The van der Waals surface area contributed by atoms with Crippen LogP contribution >= 0.6 is 0 Å². The lowest BCUT2D eigenvalue weighted by Gasteiger charge is -2.19. The van der Waals surface area contributed by atoms with E-state index < -0.39 is 11.8 Å². The number of hydrogen-bond acceptors (Lipinski definition) is 4. The summed E-state index contributed by atoms with van der Waals surface area (Å²) in [5.41, 5.74) is 7.94. The number of nitrogens with zero attached hydrogens (tertiary/aromatic N) is 1. The fraction of sp³-hybridized carbons (Fsp3) is 0.227. The van der Waals surface area contributed by atoms with E-state index in [1.807, 2.05) is 42.5 Å². The zero-order chi connectivity index (χ0) is 20.3. The van der Waals surface area contributed by atoms with Gasteiger partial charge in [-0.2, -0.15) is 0 Å². The average molecular weight is 377 g/mol. The molecule has 1 heterocycles. The molecule has 0 aliphatic rings. The van der Waals surface area contributed by atoms with Crippen molar-refractivity contribution in [1.82, 2.24) is 16.0 Å². The molecule has 0 atom stereocenters. The van der Waals surface area contributed by atoms with Crippen LogP contribution in [0.5, 0.6) is 0 Å². The number of hydrazine groups is 1. The van der Waals surface area contributed by atoms with E-state index in [2.05, 4.69) is 36.8 Å². The molecule has 0 unspecified atom stereocenters. The molecule has 0 spiro atoms. The summed E-state index contributed by atoms with van der Waals surface area (Å²) < 4.78 is 5.18. The molecule has 2 aromatic carbocycles. The van der Waals surface area contributed by atoms with E-state index in [1.54, 1.807) is 19.1 Å². The Morgan fingerprint density at radius 1 is 0.893 bits per heavy atom. The largest absolute Gasteiger partial charge is 0.360 e. The van der Waals surface area contributed by atoms with Gasteiger partial charge in [-0.15, -0.1) is 0 Å². The van der Waals surface area contributed by atoms with Gasteiger partial charge < -0.3 is 4.52 Å². The van der Waals surface area contributed by atoms with Gasteiger partial charge in [-0.05, 0) is 30.0 Å². The normalized spacial score (nSPS) is 11.1. The topological polar surface area (TPSA) is 84.2 Å². The molecule has 3 aromatic rings. The third-order valence-corrected chi connectivity index (χ3v) is 4.44. The third-order valence-electron chi connectivity index (χ3n) is 4.44. The highest BCUT2D eigenvalue weighted by molar-refractivity contribution is 6.03. The van der Waals surface area contributed by atoms with Gasteiger partial charge >= 0.3 is 0 Å². The average Bonchev–Trinajstić information content (AvgIpc) is 3.07. The van der Waals surface area contributed by atoms with E-state index >= 15 is 0 Å². The molecule has 6 heteroatoms. The van der Waals surface area contributed by atoms with Crippen molar-refractivity contribution >= 4 is 11.8 Å². The first-order chi connectivity index (χ1) is 13.3. The Hall–Kier alpha value is -3.41. The number of aryl methyl sites for hydroxylation is 1. The summed E-state index contributed by atoms with van der Waals surface area (Å²) >= 11 is 0. The molecule has 0 aliphatic heterocycles. The summed E-state index contributed by atoms with van der Waals surface area (Å²) in [5.74, 6) is -0.512. The van der Waals surface area contributed by atoms with Gasteiger partial charge in [0, 0.05) is 11.1 Å². The van der Waals surface area contributed by atoms with Gasteiger partial charge in [0.1, 0.15) is 17.0 Å². The Kier molecular flexibility index (Phi) is 5.31. The molecule has 28 heavy (non-hydrogen) atoms. The molecule has 2 amide bonds. The van der Waals surface area contributed by atoms with Gasteiger partial charge in [0.25, 0.3) is 11.8 Å². The Labute approximate surface area is 163 Å². The lowest BCUT2D eigenvalue weighted by molar-refractivity contribution is 0.0846. The highest BCUT2D eigenvalue weighted by atomic mass is 16.5. The predicted octanol–water partition coefficient (Wildman–Crippen LogP) is 4.02. The summed E-state index contributed by atoms with van der Waals surface area (Å²) in [6.07, 6.45) is 0. The number of benzene rings is 2.